The van der Waals surface area contributed by atoms with Crippen LogP contribution in [-0.2, 0) is 13.0 Å². The highest BCUT2D eigenvalue weighted by Gasteiger charge is 2.36. The van der Waals surface area contributed by atoms with E-state index in [1.54, 1.807) is 0 Å². The van der Waals surface area contributed by atoms with E-state index in [0.29, 0.717) is 13.1 Å². The molecular formula is C22H28N2O4. The van der Waals surface area contributed by atoms with Gasteiger partial charge in [0.1, 0.15) is 11.5 Å². The first-order valence-electron chi connectivity index (χ1n) is 9.88. The van der Waals surface area contributed by atoms with Crippen LogP contribution < -0.4 is 14.8 Å². The molecule has 28 heavy (non-hydrogen) atoms. The standard InChI is InChI=1S/C22H28N2O4/c1-5-24(12-15-6-7-18-19(9-15)27-13-26-18)21(25)23-17-10-22(3,4)11-20-16(17)8-14(2)28-20/h6-9,17H,5,10-13H2,1-4H3,(H,23,25)/t17-/m1/s1. The van der Waals surface area contributed by atoms with Gasteiger partial charge < -0.3 is 24.1 Å². The summed E-state index contributed by atoms with van der Waals surface area (Å²) in [4.78, 5) is 14.8. The zero-order valence-electron chi connectivity index (χ0n) is 17.0. The molecule has 0 fully saturated rings. The number of rotatable bonds is 4. The van der Waals surface area contributed by atoms with Crippen molar-refractivity contribution in [2.45, 2.75) is 53.1 Å². The van der Waals surface area contributed by atoms with Crippen LogP contribution in [0.4, 0.5) is 4.79 Å². The van der Waals surface area contributed by atoms with Crippen molar-refractivity contribution in [1.82, 2.24) is 10.2 Å². The van der Waals surface area contributed by atoms with Gasteiger partial charge in [0.25, 0.3) is 0 Å². The molecule has 6 heteroatoms. The Bertz CT molecular complexity index is 887. The zero-order chi connectivity index (χ0) is 19.9. The number of amides is 2. The number of carbonyl (C=O) groups is 1. The van der Waals surface area contributed by atoms with E-state index in [-0.39, 0.29) is 24.3 Å². The third kappa shape index (κ3) is 3.68. The molecule has 0 saturated carbocycles. The number of fused-ring (bicyclic) bond motifs is 2. The number of furan rings is 1. The van der Waals surface area contributed by atoms with Crippen molar-refractivity contribution in [1.29, 1.82) is 0 Å². The lowest BCUT2D eigenvalue weighted by Gasteiger charge is -2.35. The normalized spacial score (nSPS) is 19.2. The number of hydrogen-bond donors (Lipinski definition) is 1. The van der Waals surface area contributed by atoms with Gasteiger partial charge in [-0.05, 0) is 49.4 Å². The van der Waals surface area contributed by atoms with Gasteiger partial charge in [-0.25, -0.2) is 4.79 Å². The molecule has 0 unspecified atom stereocenters. The molecule has 2 amide bonds. The lowest BCUT2D eigenvalue weighted by atomic mass is 9.75. The fourth-order valence-electron chi connectivity index (χ4n) is 4.14. The molecule has 1 aromatic heterocycles. The van der Waals surface area contributed by atoms with E-state index < -0.39 is 0 Å². The van der Waals surface area contributed by atoms with E-state index in [2.05, 4.69) is 25.2 Å². The van der Waals surface area contributed by atoms with Crippen molar-refractivity contribution in [2.75, 3.05) is 13.3 Å². The fourth-order valence-corrected chi connectivity index (χ4v) is 4.14. The van der Waals surface area contributed by atoms with Crippen molar-refractivity contribution in [2.24, 2.45) is 5.41 Å². The second-order valence-electron chi connectivity index (χ2n) is 8.48. The van der Waals surface area contributed by atoms with E-state index in [0.717, 1.165) is 47.0 Å². The molecule has 2 heterocycles. The maximum absolute atomic E-state index is 13.0. The van der Waals surface area contributed by atoms with E-state index in [1.807, 2.05) is 36.9 Å². The maximum Gasteiger partial charge on any atom is 0.318 e. The molecule has 1 N–H and O–H groups in total. The van der Waals surface area contributed by atoms with Gasteiger partial charge in [0.05, 0.1) is 6.04 Å². The van der Waals surface area contributed by atoms with Crippen molar-refractivity contribution in [3.8, 4) is 11.5 Å². The van der Waals surface area contributed by atoms with Gasteiger partial charge in [-0.15, -0.1) is 0 Å². The van der Waals surface area contributed by atoms with Crippen LogP contribution in [0.1, 0.15) is 55.9 Å². The minimum absolute atomic E-state index is 0.0329. The Kier molecular flexibility index (Phi) is 4.73. The Morgan fingerprint density at radius 1 is 1.25 bits per heavy atom. The van der Waals surface area contributed by atoms with Crippen molar-refractivity contribution < 1.29 is 18.7 Å². The van der Waals surface area contributed by atoms with Crippen molar-refractivity contribution in [3.05, 3.63) is 46.9 Å². The first-order valence-corrected chi connectivity index (χ1v) is 9.88. The molecule has 1 aliphatic carbocycles. The quantitative estimate of drug-likeness (QED) is 0.839. The molecule has 0 bridgehead atoms. The van der Waals surface area contributed by atoms with Gasteiger partial charge in [-0.3, -0.25) is 0 Å². The lowest BCUT2D eigenvalue weighted by molar-refractivity contribution is 0.173. The van der Waals surface area contributed by atoms with Crippen LogP contribution in [0.2, 0.25) is 0 Å². The number of hydrogen-bond acceptors (Lipinski definition) is 4. The largest absolute Gasteiger partial charge is 0.466 e. The maximum atomic E-state index is 13.0. The van der Waals surface area contributed by atoms with Crippen molar-refractivity contribution in [3.63, 3.8) is 0 Å². The number of carbonyl (C=O) groups excluding carboxylic acids is 1. The number of ether oxygens (including phenoxy) is 2. The molecule has 2 aromatic rings. The highest BCUT2D eigenvalue weighted by Crippen LogP contribution is 2.42. The summed E-state index contributed by atoms with van der Waals surface area (Å²) in [5.41, 5.74) is 2.22. The predicted octanol–water partition coefficient (Wildman–Crippen LogP) is 4.56. The second-order valence-corrected chi connectivity index (χ2v) is 8.48. The first kappa shape index (κ1) is 18.7. The Morgan fingerprint density at radius 2 is 2.04 bits per heavy atom. The second kappa shape index (κ2) is 7.08. The molecule has 1 aromatic carbocycles. The molecule has 0 spiro atoms. The number of nitrogens with one attached hydrogen (secondary N) is 1. The molecule has 0 radical (unpaired) electrons. The van der Waals surface area contributed by atoms with E-state index in [1.165, 1.54) is 0 Å². The first-order chi connectivity index (χ1) is 13.3. The fraction of sp³-hybridized carbons (Fsp3) is 0.500. The monoisotopic (exact) mass is 384 g/mol. The number of aryl methyl sites for hydroxylation is 1. The summed E-state index contributed by atoms with van der Waals surface area (Å²) in [7, 11) is 0. The predicted molar refractivity (Wildman–Crippen MR) is 105 cm³/mol. The third-order valence-corrected chi connectivity index (χ3v) is 5.51. The van der Waals surface area contributed by atoms with Crippen LogP contribution in [0.25, 0.3) is 0 Å². The average Bonchev–Trinajstić information content (AvgIpc) is 3.23. The SMILES string of the molecule is CCN(Cc1ccc2c(c1)OCO2)C(=O)N[C@@H]1CC(C)(C)Cc2oc(C)cc21. The Labute approximate surface area is 165 Å². The molecule has 0 saturated heterocycles. The Morgan fingerprint density at radius 3 is 2.82 bits per heavy atom. The highest BCUT2D eigenvalue weighted by atomic mass is 16.7. The molecule has 150 valence electrons. The summed E-state index contributed by atoms with van der Waals surface area (Å²) in [6.07, 6.45) is 1.80. The number of benzene rings is 1. The van der Waals surface area contributed by atoms with Gasteiger partial charge >= 0.3 is 6.03 Å². The van der Waals surface area contributed by atoms with Crippen LogP contribution >= 0.6 is 0 Å². The summed E-state index contributed by atoms with van der Waals surface area (Å²) < 4.78 is 16.7. The van der Waals surface area contributed by atoms with Gasteiger partial charge in [-0.1, -0.05) is 19.9 Å². The summed E-state index contributed by atoms with van der Waals surface area (Å²) in [6, 6.07) is 7.78. The third-order valence-electron chi connectivity index (χ3n) is 5.51. The van der Waals surface area contributed by atoms with Gasteiger partial charge in [0.15, 0.2) is 11.5 Å². The van der Waals surface area contributed by atoms with Crippen LogP contribution in [0, 0.1) is 12.3 Å². The van der Waals surface area contributed by atoms with Gasteiger partial charge in [-0.2, -0.15) is 0 Å². The van der Waals surface area contributed by atoms with E-state index in [9.17, 15) is 4.79 Å². The Hall–Kier alpha value is -2.63. The molecule has 1 atom stereocenters. The van der Waals surface area contributed by atoms with Gasteiger partial charge in [0.2, 0.25) is 6.79 Å². The van der Waals surface area contributed by atoms with Crippen LogP contribution in [0.3, 0.4) is 0 Å². The van der Waals surface area contributed by atoms with Crippen LogP contribution in [0.5, 0.6) is 11.5 Å². The average molecular weight is 384 g/mol. The topological polar surface area (TPSA) is 63.9 Å². The number of urea groups is 1. The molecular weight excluding hydrogens is 356 g/mol. The minimum atomic E-state index is -0.0623. The molecule has 6 nitrogen and oxygen atoms in total. The number of nitrogens with zero attached hydrogens (tertiary/aromatic N) is 1. The highest BCUT2D eigenvalue weighted by molar-refractivity contribution is 5.75. The lowest BCUT2D eigenvalue weighted by Crippen LogP contribution is -2.43. The summed E-state index contributed by atoms with van der Waals surface area (Å²) in [5, 5.41) is 3.24. The van der Waals surface area contributed by atoms with E-state index >= 15 is 0 Å². The zero-order valence-corrected chi connectivity index (χ0v) is 17.0. The molecule has 4 rings (SSSR count). The smallest absolute Gasteiger partial charge is 0.318 e. The van der Waals surface area contributed by atoms with Crippen LogP contribution in [-0.4, -0.2) is 24.3 Å². The molecule has 1 aliphatic heterocycles. The van der Waals surface area contributed by atoms with Crippen molar-refractivity contribution >= 4 is 6.03 Å². The Balaban J connectivity index is 1.48. The van der Waals surface area contributed by atoms with E-state index in [4.69, 9.17) is 13.9 Å². The molecule has 2 aliphatic rings. The van der Waals surface area contributed by atoms with Gasteiger partial charge in [0, 0.05) is 25.1 Å². The summed E-state index contributed by atoms with van der Waals surface area (Å²) >= 11 is 0. The summed E-state index contributed by atoms with van der Waals surface area (Å²) in [6.45, 7) is 9.78. The van der Waals surface area contributed by atoms with Crippen LogP contribution in [0.15, 0.2) is 28.7 Å². The minimum Gasteiger partial charge on any atom is -0.466 e. The summed E-state index contributed by atoms with van der Waals surface area (Å²) in [5.74, 6) is 3.39.